The molecular formula is C22H32F3N3O5S. The largest absolute Gasteiger partial charge is 0.490 e. The van der Waals surface area contributed by atoms with Crippen molar-refractivity contribution in [3.8, 4) is 5.88 Å². The fraction of sp³-hybridized carbons (Fsp3) is 0.727. The number of hydrogen-bond donors (Lipinski definition) is 1. The van der Waals surface area contributed by atoms with Gasteiger partial charge in [0.1, 0.15) is 4.90 Å². The van der Waals surface area contributed by atoms with Crippen molar-refractivity contribution < 1.29 is 36.2 Å². The van der Waals surface area contributed by atoms with E-state index in [-0.39, 0.29) is 22.2 Å². The molecule has 34 heavy (non-hydrogen) atoms. The van der Waals surface area contributed by atoms with Gasteiger partial charge in [0.15, 0.2) is 0 Å². The van der Waals surface area contributed by atoms with Crippen LogP contribution in [-0.2, 0) is 14.8 Å². The molecule has 12 heteroatoms. The lowest BCUT2D eigenvalue weighted by molar-refractivity contribution is -0.192. The molecule has 0 amide bonds. The van der Waals surface area contributed by atoms with Crippen LogP contribution in [0.15, 0.2) is 23.2 Å². The lowest BCUT2D eigenvalue weighted by atomic mass is 9.78. The SMILES string of the molecule is CC(C)N1CC2(CCN(C3CCCC3)CC2)COc2ncccc2S1(=O)=O.O=C(O)C(F)(F)F. The second-order valence-electron chi connectivity index (χ2n) is 9.52. The molecule has 0 aromatic carbocycles. The predicted molar refractivity (Wildman–Crippen MR) is 118 cm³/mol. The number of carboxylic acid groups (broad SMARTS) is 1. The highest BCUT2D eigenvalue weighted by molar-refractivity contribution is 7.89. The Bertz CT molecular complexity index is 957. The molecule has 2 aliphatic heterocycles. The minimum Gasteiger partial charge on any atom is -0.476 e. The van der Waals surface area contributed by atoms with Crippen LogP contribution in [0.2, 0.25) is 0 Å². The third-order valence-electron chi connectivity index (χ3n) is 6.85. The number of sulfonamides is 1. The zero-order valence-electron chi connectivity index (χ0n) is 19.4. The van der Waals surface area contributed by atoms with Gasteiger partial charge in [-0.3, -0.25) is 0 Å². The van der Waals surface area contributed by atoms with Crippen LogP contribution in [0.25, 0.3) is 0 Å². The summed E-state index contributed by atoms with van der Waals surface area (Å²) in [4.78, 5) is 15.9. The van der Waals surface area contributed by atoms with E-state index in [0.717, 1.165) is 32.0 Å². The topological polar surface area (TPSA) is 100 Å². The Morgan fingerprint density at radius 2 is 1.82 bits per heavy atom. The second kappa shape index (κ2) is 10.4. The summed E-state index contributed by atoms with van der Waals surface area (Å²) in [5.41, 5.74) is -0.137. The van der Waals surface area contributed by atoms with Gasteiger partial charge >= 0.3 is 12.1 Å². The molecule has 1 spiro atoms. The molecule has 3 aliphatic rings. The van der Waals surface area contributed by atoms with Crippen LogP contribution in [0.3, 0.4) is 0 Å². The first kappa shape index (κ1) is 26.7. The number of hydrogen-bond acceptors (Lipinski definition) is 6. The van der Waals surface area contributed by atoms with Crippen molar-refractivity contribution in [2.24, 2.45) is 5.41 Å². The molecule has 2 fully saturated rings. The highest BCUT2D eigenvalue weighted by Crippen LogP contribution is 2.40. The average molecular weight is 508 g/mol. The molecule has 8 nitrogen and oxygen atoms in total. The van der Waals surface area contributed by atoms with E-state index >= 15 is 0 Å². The van der Waals surface area contributed by atoms with Crippen molar-refractivity contribution in [3.63, 3.8) is 0 Å². The van der Waals surface area contributed by atoms with Crippen molar-refractivity contribution in [1.29, 1.82) is 0 Å². The van der Waals surface area contributed by atoms with Gasteiger partial charge in [0.25, 0.3) is 0 Å². The van der Waals surface area contributed by atoms with Crippen LogP contribution in [0.4, 0.5) is 13.2 Å². The number of likely N-dealkylation sites (tertiary alicyclic amines) is 1. The monoisotopic (exact) mass is 507 g/mol. The number of halogens is 3. The van der Waals surface area contributed by atoms with Crippen molar-refractivity contribution >= 4 is 16.0 Å². The van der Waals surface area contributed by atoms with Crippen molar-refractivity contribution in [3.05, 3.63) is 18.3 Å². The molecule has 0 atom stereocenters. The Morgan fingerprint density at radius 3 is 2.35 bits per heavy atom. The number of piperidine rings is 1. The van der Waals surface area contributed by atoms with Crippen LogP contribution in [0.1, 0.15) is 52.4 Å². The Balaban J connectivity index is 0.000000406. The molecule has 1 aromatic heterocycles. The van der Waals surface area contributed by atoms with Gasteiger partial charge in [0.2, 0.25) is 15.9 Å². The summed E-state index contributed by atoms with van der Waals surface area (Å²) in [5.74, 6) is -2.51. The van der Waals surface area contributed by atoms with E-state index in [1.807, 2.05) is 13.8 Å². The van der Waals surface area contributed by atoms with Gasteiger partial charge in [-0.05, 0) is 64.8 Å². The summed E-state index contributed by atoms with van der Waals surface area (Å²) in [7, 11) is -3.61. The van der Waals surface area contributed by atoms with Crippen molar-refractivity contribution in [2.75, 3.05) is 26.2 Å². The number of carbonyl (C=O) groups is 1. The van der Waals surface area contributed by atoms with E-state index < -0.39 is 22.2 Å². The first-order chi connectivity index (χ1) is 15.9. The fourth-order valence-electron chi connectivity index (χ4n) is 4.89. The molecule has 1 saturated heterocycles. The Kier molecular flexibility index (Phi) is 8.14. The number of pyridine rings is 1. The molecule has 1 saturated carbocycles. The summed E-state index contributed by atoms with van der Waals surface area (Å²) >= 11 is 0. The van der Waals surface area contributed by atoms with Gasteiger partial charge in [-0.15, -0.1) is 0 Å². The minimum atomic E-state index is -5.08. The van der Waals surface area contributed by atoms with E-state index in [2.05, 4.69) is 9.88 Å². The number of aliphatic carboxylic acids is 1. The Hall–Kier alpha value is -1.92. The summed E-state index contributed by atoms with van der Waals surface area (Å²) in [6.45, 7) is 7.05. The first-order valence-corrected chi connectivity index (χ1v) is 12.9. The van der Waals surface area contributed by atoms with Gasteiger partial charge < -0.3 is 14.7 Å². The molecule has 0 radical (unpaired) electrons. The number of nitrogens with zero attached hydrogens (tertiary/aromatic N) is 3. The smallest absolute Gasteiger partial charge is 0.476 e. The number of rotatable bonds is 2. The standard InChI is InChI=1S/C20H31N3O3S.C2HF3O2/c1-16(2)23-14-20(9-12-22(13-10-20)17-6-3-4-7-17)15-26-19-18(27(23,24)25)8-5-11-21-19;3-2(4,5)1(6)7/h5,8,11,16-17H,3-4,6-7,9-10,12-15H2,1-2H3;(H,6,7). The predicted octanol–water partition coefficient (Wildman–Crippen LogP) is 3.53. The number of aromatic nitrogens is 1. The van der Waals surface area contributed by atoms with Crippen LogP contribution >= 0.6 is 0 Å². The number of alkyl halides is 3. The molecule has 1 aromatic rings. The highest BCUT2D eigenvalue weighted by atomic mass is 32.2. The summed E-state index contributed by atoms with van der Waals surface area (Å²) in [5, 5.41) is 7.12. The van der Waals surface area contributed by atoms with E-state index in [9.17, 15) is 21.6 Å². The van der Waals surface area contributed by atoms with Crippen LogP contribution in [-0.4, -0.2) is 78.2 Å². The minimum absolute atomic E-state index is 0.0918. The van der Waals surface area contributed by atoms with Crippen LogP contribution in [0.5, 0.6) is 5.88 Å². The van der Waals surface area contributed by atoms with Gasteiger partial charge in [0, 0.05) is 30.2 Å². The third-order valence-corrected chi connectivity index (χ3v) is 8.88. The van der Waals surface area contributed by atoms with Crippen molar-refractivity contribution in [2.45, 2.75) is 75.5 Å². The molecule has 0 bridgehead atoms. The second-order valence-corrected chi connectivity index (χ2v) is 11.4. The maximum atomic E-state index is 13.3. The number of fused-ring (bicyclic) bond motifs is 1. The normalized spacial score (nSPS) is 23.4. The first-order valence-electron chi connectivity index (χ1n) is 11.5. The zero-order valence-corrected chi connectivity index (χ0v) is 20.2. The molecule has 3 heterocycles. The van der Waals surface area contributed by atoms with E-state index in [1.54, 1.807) is 22.6 Å². The Morgan fingerprint density at radius 1 is 1.24 bits per heavy atom. The van der Waals surface area contributed by atoms with E-state index in [0.29, 0.717) is 13.2 Å². The van der Waals surface area contributed by atoms with Gasteiger partial charge in [-0.1, -0.05) is 12.8 Å². The summed E-state index contributed by atoms with van der Waals surface area (Å²) < 4.78 is 66.0. The molecule has 192 valence electrons. The molecule has 1 N–H and O–H groups in total. The molecular weight excluding hydrogens is 475 g/mol. The van der Waals surface area contributed by atoms with E-state index in [1.165, 1.54) is 25.7 Å². The third kappa shape index (κ3) is 6.01. The number of carboxylic acids is 1. The molecule has 0 unspecified atom stereocenters. The maximum Gasteiger partial charge on any atom is 0.490 e. The average Bonchev–Trinajstić information content (AvgIpc) is 3.30. The van der Waals surface area contributed by atoms with Crippen LogP contribution in [0, 0.1) is 5.41 Å². The molecule has 1 aliphatic carbocycles. The highest BCUT2D eigenvalue weighted by Gasteiger charge is 2.45. The summed E-state index contributed by atoms with van der Waals surface area (Å²) in [6.07, 6.45) is 3.79. The quantitative estimate of drug-likeness (QED) is 0.654. The van der Waals surface area contributed by atoms with Gasteiger partial charge in [0.05, 0.1) is 6.61 Å². The lowest BCUT2D eigenvalue weighted by Gasteiger charge is -2.46. The fourth-order valence-corrected chi connectivity index (χ4v) is 6.72. The summed E-state index contributed by atoms with van der Waals surface area (Å²) in [6, 6.07) is 3.90. The lowest BCUT2D eigenvalue weighted by Crippen LogP contribution is -2.54. The maximum absolute atomic E-state index is 13.3. The number of ether oxygens (including phenoxy) is 1. The van der Waals surface area contributed by atoms with Gasteiger partial charge in [-0.2, -0.15) is 17.5 Å². The van der Waals surface area contributed by atoms with Crippen LogP contribution < -0.4 is 4.74 Å². The van der Waals surface area contributed by atoms with Gasteiger partial charge in [-0.25, -0.2) is 18.2 Å². The molecule has 4 rings (SSSR count). The zero-order chi connectivity index (χ0) is 25.1. The van der Waals surface area contributed by atoms with E-state index in [4.69, 9.17) is 14.6 Å². The van der Waals surface area contributed by atoms with Crippen molar-refractivity contribution in [1.82, 2.24) is 14.2 Å². The Labute approximate surface area is 198 Å².